The maximum absolute atomic E-state index is 13.7. The van der Waals surface area contributed by atoms with Gasteiger partial charge in [0.1, 0.15) is 12.6 Å². The number of nitrogens with one attached hydrogen (secondary N) is 1. The van der Waals surface area contributed by atoms with Gasteiger partial charge in [0.2, 0.25) is 21.8 Å². The fourth-order valence-electron chi connectivity index (χ4n) is 3.88. The molecule has 2 aromatic rings. The fourth-order valence-corrected chi connectivity index (χ4v) is 4.75. The molecular formula is C26H37N3O4S. The molecule has 2 rings (SSSR count). The second-order valence-electron chi connectivity index (χ2n) is 9.08. The number of anilines is 1. The summed E-state index contributed by atoms with van der Waals surface area (Å²) >= 11 is 0. The van der Waals surface area contributed by atoms with Crippen molar-refractivity contribution in [2.75, 3.05) is 17.1 Å². The van der Waals surface area contributed by atoms with Gasteiger partial charge in [-0.2, -0.15) is 0 Å². The Morgan fingerprint density at radius 1 is 0.941 bits per heavy atom. The van der Waals surface area contributed by atoms with Crippen LogP contribution >= 0.6 is 0 Å². The van der Waals surface area contributed by atoms with E-state index in [0.717, 1.165) is 21.7 Å². The smallest absolute Gasteiger partial charge is 0.244 e. The third kappa shape index (κ3) is 7.32. The zero-order valence-electron chi connectivity index (χ0n) is 21.0. The molecular weight excluding hydrogens is 450 g/mol. The van der Waals surface area contributed by atoms with Crippen LogP contribution in [0.25, 0.3) is 0 Å². The molecule has 0 unspecified atom stereocenters. The molecule has 2 aromatic carbocycles. The van der Waals surface area contributed by atoms with Crippen LogP contribution < -0.4 is 9.62 Å². The summed E-state index contributed by atoms with van der Waals surface area (Å²) in [4.78, 5) is 28.2. The zero-order chi connectivity index (χ0) is 25.5. The highest BCUT2D eigenvalue weighted by molar-refractivity contribution is 7.92. The quantitative estimate of drug-likeness (QED) is 0.521. The van der Waals surface area contributed by atoms with Gasteiger partial charge in [-0.25, -0.2) is 8.42 Å². The van der Waals surface area contributed by atoms with Crippen LogP contribution in [0, 0.1) is 0 Å². The first-order chi connectivity index (χ1) is 16.0. The minimum Gasteiger partial charge on any atom is -0.352 e. The van der Waals surface area contributed by atoms with Gasteiger partial charge in [-0.1, -0.05) is 69.3 Å². The molecule has 8 heteroatoms. The maximum Gasteiger partial charge on any atom is 0.244 e. The van der Waals surface area contributed by atoms with Gasteiger partial charge in [-0.15, -0.1) is 0 Å². The molecule has 0 saturated heterocycles. The number of benzene rings is 2. The molecule has 1 atom stereocenters. The molecule has 0 spiro atoms. The van der Waals surface area contributed by atoms with E-state index in [-0.39, 0.29) is 31.0 Å². The average Bonchev–Trinajstić information content (AvgIpc) is 2.76. The zero-order valence-corrected chi connectivity index (χ0v) is 21.8. The van der Waals surface area contributed by atoms with Crippen LogP contribution in [0.5, 0.6) is 0 Å². The van der Waals surface area contributed by atoms with Crippen molar-refractivity contribution in [1.29, 1.82) is 0 Å². The summed E-state index contributed by atoms with van der Waals surface area (Å²) < 4.78 is 26.8. The second-order valence-corrected chi connectivity index (χ2v) is 11.0. The van der Waals surface area contributed by atoms with E-state index in [1.165, 1.54) is 4.90 Å². The van der Waals surface area contributed by atoms with Crippen molar-refractivity contribution < 1.29 is 18.0 Å². The lowest BCUT2D eigenvalue weighted by molar-refractivity contribution is -0.140. The Hall–Kier alpha value is -2.87. The van der Waals surface area contributed by atoms with E-state index in [1.54, 1.807) is 12.1 Å². The van der Waals surface area contributed by atoms with Crippen LogP contribution in [-0.4, -0.2) is 50.0 Å². The van der Waals surface area contributed by atoms with Crippen molar-refractivity contribution in [1.82, 2.24) is 10.2 Å². The normalized spacial score (nSPS) is 12.5. The molecule has 0 radical (unpaired) electrons. The van der Waals surface area contributed by atoms with Crippen molar-refractivity contribution in [2.24, 2.45) is 0 Å². The number of hydrogen-bond acceptors (Lipinski definition) is 4. The molecule has 186 valence electrons. The molecule has 2 amide bonds. The van der Waals surface area contributed by atoms with Gasteiger partial charge in [-0.05, 0) is 43.4 Å². The molecule has 0 fully saturated rings. The largest absolute Gasteiger partial charge is 0.352 e. The third-order valence-electron chi connectivity index (χ3n) is 5.52. The molecule has 0 saturated carbocycles. The van der Waals surface area contributed by atoms with Gasteiger partial charge in [0, 0.05) is 12.6 Å². The maximum atomic E-state index is 13.7. The number of para-hydroxylation sites is 1. The number of carbonyl (C=O) groups excluding carboxylic acids is 2. The van der Waals surface area contributed by atoms with E-state index in [2.05, 4.69) is 5.32 Å². The Balaban J connectivity index is 2.48. The van der Waals surface area contributed by atoms with E-state index in [9.17, 15) is 18.0 Å². The predicted molar refractivity (Wildman–Crippen MR) is 137 cm³/mol. The summed E-state index contributed by atoms with van der Waals surface area (Å²) in [5.41, 5.74) is 2.17. The van der Waals surface area contributed by atoms with Crippen LogP contribution in [0.4, 0.5) is 5.69 Å². The summed E-state index contributed by atoms with van der Waals surface area (Å²) in [6.07, 6.45) is 1.50. The minimum atomic E-state index is -3.76. The number of sulfonamides is 1. The Labute approximate surface area is 204 Å². The van der Waals surface area contributed by atoms with Gasteiger partial charge in [0.25, 0.3) is 0 Å². The van der Waals surface area contributed by atoms with Gasteiger partial charge >= 0.3 is 0 Å². The lowest BCUT2D eigenvalue weighted by atomic mass is 10.0. The highest BCUT2D eigenvalue weighted by Gasteiger charge is 2.32. The molecule has 0 aliphatic carbocycles. The molecule has 0 bridgehead atoms. The van der Waals surface area contributed by atoms with E-state index in [4.69, 9.17) is 0 Å². The minimum absolute atomic E-state index is 0.0659. The molecule has 7 nitrogen and oxygen atoms in total. The van der Waals surface area contributed by atoms with Gasteiger partial charge in [0.15, 0.2) is 0 Å². The Kier molecular flexibility index (Phi) is 9.67. The molecule has 34 heavy (non-hydrogen) atoms. The highest BCUT2D eigenvalue weighted by Crippen LogP contribution is 2.29. The average molecular weight is 488 g/mol. The molecule has 0 aromatic heterocycles. The molecule has 1 N–H and O–H groups in total. The van der Waals surface area contributed by atoms with Gasteiger partial charge < -0.3 is 10.2 Å². The first kappa shape index (κ1) is 27.4. The number of carbonyl (C=O) groups is 2. The standard InChI is InChI=1S/C26H37N3O4S/c1-7-23(26(31)27-20(4)5)28(17-21-13-9-8-10-14-21)25(30)18-29(34(6,32)33)24-16-12-11-15-22(24)19(2)3/h8-16,19-20,23H,7,17-18H2,1-6H3,(H,27,31)/t23-/m1/s1. The highest BCUT2D eigenvalue weighted by atomic mass is 32.2. The van der Waals surface area contributed by atoms with Crippen molar-refractivity contribution in [3.8, 4) is 0 Å². The first-order valence-electron chi connectivity index (χ1n) is 11.7. The van der Waals surface area contributed by atoms with Crippen LogP contribution in [0.2, 0.25) is 0 Å². The Morgan fingerprint density at radius 2 is 1.53 bits per heavy atom. The number of rotatable bonds is 11. The lowest BCUT2D eigenvalue weighted by Crippen LogP contribution is -2.53. The van der Waals surface area contributed by atoms with Crippen LogP contribution in [0.3, 0.4) is 0 Å². The van der Waals surface area contributed by atoms with Gasteiger partial charge in [0.05, 0.1) is 11.9 Å². The number of amides is 2. The summed E-state index contributed by atoms with van der Waals surface area (Å²) in [6.45, 7) is 9.34. The van der Waals surface area contributed by atoms with Crippen molar-refractivity contribution in [3.63, 3.8) is 0 Å². The van der Waals surface area contributed by atoms with E-state index >= 15 is 0 Å². The number of nitrogens with zero attached hydrogens (tertiary/aromatic N) is 2. The van der Waals surface area contributed by atoms with E-state index in [1.807, 2.05) is 77.1 Å². The van der Waals surface area contributed by atoms with Gasteiger partial charge in [-0.3, -0.25) is 13.9 Å². The second kappa shape index (κ2) is 12.0. The van der Waals surface area contributed by atoms with E-state index in [0.29, 0.717) is 12.1 Å². The predicted octanol–water partition coefficient (Wildman–Crippen LogP) is 3.91. The summed E-state index contributed by atoms with van der Waals surface area (Å²) in [6, 6.07) is 15.8. The Morgan fingerprint density at radius 3 is 2.06 bits per heavy atom. The lowest BCUT2D eigenvalue weighted by Gasteiger charge is -2.33. The van der Waals surface area contributed by atoms with Crippen molar-refractivity contribution in [3.05, 3.63) is 65.7 Å². The molecule has 0 aliphatic heterocycles. The van der Waals surface area contributed by atoms with Crippen LogP contribution in [-0.2, 0) is 26.2 Å². The van der Waals surface area contributed by atoms with E-state index < -0.39 is 22.0 Å². The summed E-state index contributed by atoms with van der Waals surface area (Å²) in [5.74, 6) is -0.620. The van der Waals surface area contributed by atoms with Crippen LogP contribution in [0.15, 0.2) is 54.6 Å². The topological polar surface area (TPSA) is 86.8 Å². The molecule has 0 aliphatic rings. The fraction of sp³-hybridized carbons (Fsp3) is 0.462. The van der Waals surface area contributed by atoms with Crippen molar-refractivity contribution in [2.45, 2.75) is 65.6 Å². The first-order valence-corrected chi connectivity index (χ1v) is 13.5. The summed E-state index contributed by atoms with van der Waals surface area (Å²) in [7, 11) is -3.76. The third-order valence-corrected chi connectivity index (χ3v) is 6.65. The Bertz CT molecular complexity index is 1070. The SMILES string of the molecule is CC[C@H](C(=O)NC(C)C)N(Cc1ccccc1)C(=O)CN(c1ccccc1C(C)C)S(C)(=O)=O. The summed E-state index contributed by atoms with van der Waals surface area (Å²) in [5, 5.41) is 2.89. The molecule has 0 heterocycles. The van der Waals surface area contributed by atoms with Crippen molar-refractivity contribution >= 4 is 27.5 Å². The van der Waals surface area contributed by atoms with Crippen LogP contribution in [0.1, 0.15) is 58.1 Å². The number of hydrogen-bond donors (Lipinski definition) is 1. The monoisotopic (exact) mass is 487 g/mol.